The van der Waals surface area contributed by atoms with Crippen molar-refractivity contribution < 1.29 is 0 Å². The van der Waals surface area contributed by atoms with Gasteiger partial charge in [-0.15, -0.1) is 0 Å². The minimum absolute atomic E-state index is 0.488. The summed E-state index contributed by atoms with van der Waals surface area (Å²) in [5.74, 6) is 7.14. The molecule has 1 aliphatic carbocycles. The molecule has 0 spiro atoms. The Morgan fingerprint density at radius 2 is 1.89 bits per heavy atom. The van der Waals surface area contributed by atoms with Gasteiger partial charge < -0.3 is 10.7 Å². The molecule has 0 bridgehead atoms. The fourth-order valence-electron chi connectivity index (χ4n) is 2.73. The van der Waals surface area contributed by atoms with Crippen molar-refractivity contribution in [2.45, 2.75) is 58.9 Å². The normalized spacial score (nSPS) is 19.2. The van der Waals surface area contributed by atoms with Crippen LogP contribution < -0.4 is 16.6 Å². The van der Waals surface area contributed by atoms with Crippen LogP contribution in [0, 0.1) is 5.41 Å². The highest BCUT2D eigenvalue weighted by Gasteiger charge is 2.27. The van der Waals surface area contributed by atoms with E-state index in [1.165, 1.54) is 25.7 Å². The van der Waals surface area contributed by atoms with Crippen LogP contribution in [0.3, 0.4) is 0 Å². The first kappa shape index (κ1) is 14.1. The summed E-state index contributed by atoms with van der Waals surface area (Å²) in [6, 6.07) is 0.513. The average Bonchev–Trinajstić information content (AvgIpc) is 2.40. The molecule has 0 amide bonds. The van der Waals surface area contributed by atoms with Crippen LogP contribution in [0.25, 0.3) is 0 Å². The molecule has 0 unspecified atom stereocenters. The van der Waals surface area contributed by atoms with Crippen molar-refractivity contribution in [2.75, 3.05) is 10.7 Å². The fraction of sp³-hybridized carbons (Fsp3) is 0.714. The molecule has 5 nitrogen and oxygen atoms in total. The number of hydrogen-bond acceptors (Lipinski definition) is 5. The summed E-state index contributed by atoms with van der Waals surface area (Å²) in [5.41, 5.74) is 4.20. The Bertz CT molecular complexity index is 420. The molecule has 1 aromatic heterocycles. The quantitative estimate of drug-likeness (QED) is 0.575. The number of nitrogen functional groups attached to an aromatic ring is 1. The summed E-state index contributed by atoms with van der Waals surface area (Å²) in [7, 11) is 0. The Kier molecular flexibility index (Phi) is 4.24. The highest BCUT2D eigenvalue weighted by atomic mass is 15.3. The molecule has 0 radical (unpaired) electrons. The number of anilines is 2. The summed E-state index contributed by atoms with van der Waals surface area (Å²) < 4.78 is 0. The largest absolute Gasteiger partial charge is 0.367 e. The Hall–Kier alpha value is -1.36. The van der Waals surface area contributed by atoms with E-state index in [0.717, 1.165) is 23.6 Å². The summed E-state index contributed by atoms with van der Waals surface area (Å²) in [6.45, 7) is 6.79. The van der Waals surface area contributed by atoms with Gasteiger partial charge in [0.25, 0.3) is 0 Å². The van der Waals surface area contributed by atoms with Gasteiger partial charge in [0, 0.05) is 11.6 Å². The summed E-state index contributed by atoms with van der Waals surface area (Å²) in [6.07, 6.45) is 7.35. The van der Waals surface area contributed by atoms with Crippen LogP contribution in [0.15, 0.2) is 6.33 Å². The van der Waals surface area contributed by atoms with Crippen molar-refractivity contribution in [3.63, 3.8) is 0 Å². The van der Waals surface area contributed by atoms with Gasteiger partial charge in [-0.2, -0.15) is 0 Å². The second kappa shape index (κ2) is 5.74. The van der Waals surface area contributed by atoms with Crippen LogP contribution in [0.2, 0.25) is 0 Å². The van der Waals surface area contributed by atoms with Crippen molar-refractivity contribution in [1.29, 1.82) is 0 Å². The summed E-state index contributed by atoms with van der Waals surface area (Å²) >= 11 is 0. The first-order valence-electron chi connectivity index (χ1n) is 7.13. The second-order valence-electron chi connectivity index (χ2n) is 6.13. The van der Waals surface area contributed by atoms with Crippen LogP contribution in [0.1, 0.15) is 52.0 Å². The molecule has 0 aromatic carbocycles. The molecule has 0 atom stereocenters. The lowest BCUT2D eigenvalue weighted by atomic mass is 9.75. The molecular formula is C14H25N5. The zero-order valence-electron chi connectivity index (χ0n) is 12.2. The third-order valence-corrected chi connectivity index (χ3v) is 4.12. The molecule has 4 N–H and O–H groups in total. The molecule has 1 fully saturated rings. The lowest BCUT2D eigenvalue weighted by Crippen LogP contribution is -2.30. The Morgan fingerprint density at radius 1 is 1.26 bits per heavy atom. The van der Waals surface area contributed by atoms with E-state index in [2.05, 4.69) is 41.5 Å². The van der Waals surface area contributed by atoms with E-state index >= 15 is 0 Å². The van der Waals surface area contributed by atoms with Crippen LogP contribution in [-0.2, 0) is 6.42 Å². The van der Waals surface area contributed by atoms with Gasteiger partial charge in [-0.05, 0) is 37.5 Å². The average molecular weight is 263 g/mol. The van der Waals surface area contributed by atoms with Crippen LogP contribution in [0.5, 0.6) is 0 Å². The zero-order valence-corrected chi connectivity index (χ0v) is 12.2. The topological polar surface area (TPSA) is 75.9 Å². The summed E-state index contributed by atoms with van der Waals surface area (Å²) in [4.78, 5) is 8.53. The van der Waals surface area contributed by atoms with Gasteiger partial charge in [0.2, 0.25) is 0 Å². The molecule has 1 aromatic rings. The minimum Gasteiger partial charge on any atom is -0.367 e. The smallest absolute Gasteiger partial charge is 0.148 e. The van der Waals surface area contributed by atoms with Gasteiger partial charge in [-0.1, -0.05) is 20.8 Å². The Morgan fingerprint density at radius 3 is 2.47 bits per heavy atom. The first-order valence-corrected chi connectivity index (χ1v) is 7.13. The van der Waals surface area contributed by atoms with Crippen LogP contribution in [-0.4, -0.2) is 16.0 Å². The molecular weight excluding hydrogens is 238 g/mol. The number of rotatable bonds is 4. The van der Waals surface area contributed by atoms with Crippen molar-refractivity contribution in [3.05, 3.63) is 11.9 Å². The molecule has 19 heavy (non-hydrogen) atoms. The van der Waals surface area contributed by atoms with Gasteiger partial charge in [0.05, 0.1) is 0 Å². The van der Waals surface area contributed by atoms with Crippen molar-refractivity contribution in [2.24, 2.45) is 11.3 Å². The maximum atomic E-state index is 5.50. The van der Waals surface area contributed by atoms with Crippen LogP contribution in [0.4, 0.5) is 11.6 Å². The second-order valence-corrected chi connectivity index (χ2v) is 6.13. The number of nitrogens with one attached hydrogen (secondary N) is 2. The predicted octanol–water partition coefficient (Wildman–Crippen LogP) is 2.71. The number of hydrazine groups is 1. The van der Waals surface area contributed by atoms with E-state index in [9.17, 15) is 0 Å². The standard InChI is InChI=1S/C14H25N5/c1-4-11-12(16-9-17-13(11)19-15)18-10-5-7-14(2,3)8-6-10/h9-10H,4-8,15H2,1-3H3,(H2,16,17,18,19). The highest BCUT2D eigenvalue weighted by molar-refractivity contribution is 5.57. The highest BCUT2D eigenvalue weighted by Crippen LogP contribution is 2.36. The molecule has 0 saturated heterocycles. The molecule has 0 aliphatic heterocycles. The monoisotopic (exact) mass is 263 g/mol. The van der Waals surface area contributed by atoms with E-state index in [-0.39, 0.29) is 0 Å². The minimum atomic E-state index is 0.488. The van der Waals surface area contributed by atoms with E-state index in [0.29, 0.717) is 11.5 Å². The molecule has 2 rings (SSSR count). The lowest BCUT2D eigenvalue weighted by Gasteiger charge is -2.35. The molecule has 1 aliphatic rings. The van der Waals surface area contributed by atoms with Crippen molar-refractivity contribution in [3.8, 4) is 0 Å². The number of nitrogens with zero attached hydrogens (tertiary/aromatic N) is 2. The summed E-state index contributed by atoms with van der Waals surface area (Å²) in [5, 5.41) is 3.57. The van der Waals surface area contributed by atoms with E-state index in [1.807, 2.05) is 0 Å². The van der Waals surface area contributed by atoms with E-state index < -0.39 is 0 Å². The molecule has 1 heterocycles. The zero-order chi connectivity index (χ0) is 13.9. The van der Waals surface area contributed by atoms with Gasteiger partial charge in [-0.3, -0.25) is 0 Å². The Balaban J connectivity index is 2.07. The lowest BCUT2D eigenvalue weighted by molar-refractivity contribution is 0.232. The SMILES string of the molecule is CCc1c(NN)ncnc1NC1CCC(C)(C)CC1. The van der Waals surface area contributed by atoms with Crippen LogP contribution >= 0.6 is 0 Å². The first-order chi connectivity index (χ1) is 9.05. The maximum Gasteiger partial charge on any atom is 0.148 e. The van der Waals surface area contributed by atoms with Crippen molar-refractivity contribution in [1.82, 2.24) is 9.97 Å². The maximum absolute atomic E-state index is 5.50. The third-order valence-electron chi connectivity index (χ3n) is 4.12. The molecule has 5 heteroatoms. The van der Waals surface area contributed by atoms with Gasteiger partial charge in [0.1, 0.15) is 18.0 Å². The van der Waals surface area contributed by atoms with E-state index in [1.54, 1.807) is 6.33 Å². The Labute approximate surface area is 115 Å². The van der Waals surface area contributed by atoms with Gasteiger partial charge in [-0.25, -0.2) is 15.8 Å². The van der Waals surface area contributed by atoms with E-state index in [4.69, 9.17) is 5.84 Å². The van der Waals surface area contributed by atoms with Crippen molar-refractivity contribution >= 4 is 11.6 Å². The number of hydrogen-bond donors (Lipinski definition) is 3. The third kappa shape index (κ3) is 3.35. The number of nitrogens with two attached hydrogens (primary N) is 1. The predicted molar refractivity (Wildman–Crippen MR) is 78.9 cm³/mol. The van der Waals surface area contributed by atoms with Gasteiger partial charge in [0.15, 0.2) is 0 Å². The number of aromatic nitrogens is 2. The molecule has 106 valence electrons. The van der Waals surface area contributed by atoms with Gasteiger partial charge >= 0.3 is 0 Å². The molecule has 1 saturated carbocycles. The fourth-order valence-corrected chi connectivity index (χ4v) is 2.73.